The minimum Gasteiger partial charge on any atom is -0.311 e. The predicted octanol–water partition coefficient (Wildman–Crippen LogP) is 1.30. The van der Waals surface area contributed by atoms with Crippen molar-refractivity contribution < 1.29 is 0 Å². The van der Waals surface area contributed by atoms with Gasteiger partial charge in [0.05, 0.1) is 0 Å². The number of hydrogen-bond acceptors (Lipinski definition) is 3. The summed E-state index contributed by atoms with van der Waals surface area (Å²) >= 11 is 0. The quantitative estimate of drug-likeness (QED) is 0.798. The molecule has 0 amide bonds. The molecule has 0 saturated carbocycles. The number of nitrogens with zero attached hydrogens (tertiary/aromatic N) is 2. The molecule has 98 valence electrons. The van der Waals surface area contributed by atoms with Gasteiger partial charge in [-0.05, 0) is 52.2 Å². The first-order valence-electron chi connectivity index (χ1n) is 7.52. The summed E-state index contributed by atoms with van der Waals surface area (Å²) in [5.41, 5.74) is 0. The van der Waals surface area contributed by atoms with E-state index >= 15 is 0 Å². The average molecular weight is 237 g/mol. The van der Waals surface area contributed by atoms with Gasteiger partial charge in [0.25, 0.3) is 0 Å². The van der Waals surface area contributed by atoms with Crippen molar-refractivity contribution in [2.24, 2.45) is 0 Å². The molecule has 3 aliphatic rings. The van der Waals surface area contributed by atoms with Gasteiger partial charge in [0.1, 0.15) is 0 Å². The molecule has 0 aromatic heterocycles. The number of rotatable bonds is 3. The molecule has 0 aliphatic carbocycles. The normalized spacial score (nSPS) is 39.7. The lowest BCUT2D eigenvalue weighted by atomic mass is 9.99. The van der Waals surface area contributed by atoms with Gasteiger partial charge in [0.2, 0.25) is 0 Å². The Hall–Kier alpha value is -0.120. The Balaban J connectivity index is 1.48. The van der Waals surface area contributed by atoms with Crippen molar-refractivity contribution in [1.29, 1.82) is 0 Å². The van der Waals surface area contributed by atoms with Crippen molar-refractivity contribution in [3.8, 4) is 0 Å². The lowest BCUT2D eigenvalue weighted by Crippen LogP contribution is -2.48. The first-order valence-corrected chi connectivity index (χ1v) is 7.52. The molecule has 3 saturated heterocycles. The topological polar surface area (TPSA) is 18.5 Å². The SMILES string of the molecule is CN1CCCC1CNC1CCN2CCCCC12. The van der Waals surface area contributed by atoms with E-state index in [1.54, 1.807) is 0 Å². The molecule has 3 fully saturated rings. The number of likely N-dealkylation sites (N-methyl/N-ethyl adjacent to an activating group) is 1. The van der Waals surface area contributed by atoms with E-state index in [0.717, 1.165) is 18.1 Å². The van der Waals surface area contributed by atoms with Crippen LogP contribution in [0.5, 0.6) is 0 Å². The molecule has 3 rings (SSSR count). The summed E-state index contributed by atoms with van der Waals surface area (Å²) in [6.45, 7) is 5.20. The Labute approximate surface area is 106 Å². The molecule has 17 heavy (non-hydrogen) atoms. The largest absolute Gasteiger partial charge is 0.311 e. The van der Waals surface area contributed by atoms with Crippen LogP contribution in [0.1, 0.15) is 38.5 Å². The van der Waals surface area contributed by atoms with Crippen molar-refractivity contribution in [1.82, 2.24) is 15.1 Å². The Morgan fingerprint density at radius 2 is 1.94 bits per heavy atom. The van der Waals surface area contributed by atoms with Gasteiger partial charge in [0.15, 0.2) is 0 Å². The number of nitrogens with one attached hydrogen (secondary N) is 1. The first-order chi connectivity index (χ1) is 8.34. The number of hydrogen-bond donors (Lipinski definition) is 1. The highest BCUT2D eigenvalue weighted by Crippen LogP contribution is 2.27. The van der Waals surface area contributed by atoms with E-state index in [1.807, 2.05) is 0 Å². The summed E-state index contributed by atoms with van der Waals surface area (Å²) in [6, 6.07) is 2.44. The zero-order chi connectivity index (χ0) is 11.7. The minimum absolute atomic E-state index is 0.782. The summed E-state index contributed by atoms with van der Waals surface area (Å²) in [6.07, 6.45) is 8.46. The third-order valence-corrected chi connectivity index (χ3v) is 5.14. The summed E-state index contributed by atoms with van der Waals surface area (Å²) in [4.78, 5) is 5.25. The van der Waals surface area contributed by atoms with Crippen LogP contribution in [-0.2, 0) is 0 Å². The molecule has 3 heteroatoms. The third-order valence-electron chi connectivity index (χ3n) is 5.14. The second-order valence-electron chi connectivity index (χ2n) is 6.18. The zero-order valence-corrected chi connectivity index (χ0v) is 11.2. The summed E-state index contributed by atoms with van der Waals surface area (Å²) in [5.74, 6) is 0. The van der Waals surface area contributed by atoms with Crippen LogP contribution in [0.15, 0.2) is 0 Å². The Morgan fingerprint density at radius 1 is 1.00 bits per heavy atom. The fraction of sp³-hybridized carbons (Fsp3) is 1.00. The number of piperidine rings is 1. The molecular formula is C14H27N3. The van der Waals surface area contributed by atoms with E-state index in [9.17, 15) is 0 Å². The molecular weight excluding hydrogens is 210 g/mol. The molecule has 0 aromatic rings. The van der Waals surface area contributed by atoms with Crippen LogP contribution in [0.25, 0.3) is 0 Å². The van der Waals surface area contributed by atoms with Crippen molar-refractivity contribution in [2.45, 2.75) is 56.7 Å². The number of fused-ring (bicyclic) bond motifs is 1. The molecule has 3 atom stereocenters. The van der Waals surface area contributed by atoms with E-state index < -0.39 is 0 Å². The van der Waals surface area contributed by atoms with Crippen LogP contribution in [0.4, 0.5) is 0 Å². The lowest BCUT2D eigenvalue weighted by Gasteiger charge is -2.33. The Kier molecular flexibility index (Phi) is 3.69. The predicted molar refractivity (Wildman–Crippen MR) is 71.3 cm³/mol. The molecule has 3 heterocycles. The van der Waals surface area contributed by atoms with Gasteiger partial charge < -0.3 is 10.2 Å². The van der Waals surface area contributed by atoms with Crippen LogP contribution in [0.3, 0.4) is 0 Å². The van der Waals surface area contributed by atoms with Gasteiger partial charge in [0, 0.05) is 31.2 Å². The van der Waals surface area contributed by atoms with Crippen LogP contribution < -0.4 is 5.32 Å². The molecule has 3 unspecified atom stereocenters. The van der Waals surface area contributed by atoms with E-state index in [-0.39, 0.29) is 0 Å². The van der Waals surface area contributed by atoms with E-state index in [2.05, 4.69) is 22.2 Å². The molecule has 0 bridgehead atoms. The first kappa shape index (κ1) is 11.9. The molecule has 1 N–H and O–H groups in total. The Morgan fingerprint density at radius 3 is 2.76 bits per heavy atom. The maximum absolute atomic E-state index is 3.87. The summed E-state index contributed by atoms with van der Waals surface area (Å²) in [5, 5.41) is 3.87. The van der Waals surface area contributed by atoms with Gasteiger partial charge >= 0.3 is 0 Å². The van der Waals surface area contributed by atoms with E-state index in [1.165, 1.54) is 64.7 Å². The van der Waals surface area contributed by atoms with Gasteiger partial charge in [-0.15, -0.1) is 0 Å². The fourth-order valence-corrected chi connectivity index (χ4v) is 4.01. The van der Waals surface area contributed by atoms with Crippen molar-refractivity contribution in [3.63, 3.8) is 0 Å². The Bertz CT molecular complexity index is 256. The lowest BCUT2D eigenvalue weighted by molar-refractivity contribution is 0.176. The highest BCUT2D eigenvalue weighted by molar-refractivity contribution is 4.94. The second kappa shape index (κ2) is 5.25. The standard InChI is InChI=1S/C14H27N3/c1-16-8-4-5-12(16)11-15-13-7-10-17-9-3-2-6-14(13)17/h12-15H,2-11H2,1H3. The van der Waals surface area contributed by atoms with Crippen LogP contribution >= 0.6 is 0 Å². The molecule has 3 nitrogen and oxygen atoms in total. The molecule has 0 radical (unpaired) electrons. The molecule has 3 aliphatic heterocycles. The average Bonchev–Trinajstić information content (AvgIpc) is 2.93. The van der Waals surface area contributed by atoms with Crippen LogP contribution in [0, 0.1) is 0 Å². The maximum Gasteiger partial charge on any atom is 0.0249 e. The highest BCUT2D eigenvalue weighted by Gasteiger charge is 2.35. The molecule has 0 aromatic carbocycles. The maximum atomic E-state index is 3.87. The van der Waals surface area contributed by atoms with Crippen molar-refractivity contribution >= 4 is 0 Å². The van der Waals surface area contributed by atoms with Crippen LogP contribution in [-0.4, -0.2) is 61.2 Å². The summed E-state index contributed by atoms with van der Waals surface area (Å²) < 4.78 is 0. The van der Waals surface area contributed by atoms with Gasteiger partial charge in [-0.2, -0.15) is 0 Å². The second-order valence-corrected chi connectivity index (χ2v) is 6.18. The van der Waals surface area contributed by atoms with Crippen molar-refractivity contribution in [2.75, 3.05) is 33.2 Å². The molecule has 0 spiro atoms. The van der Waals surface area contributed by atoms with E-state index in [4.69, 9.17) is 0 Å². The van der Waals surface area contributed by atoms with Gasteiger partial charge in [-0.3, -0.25) is 4.90 Å². The summed E-state index contributed by atoms with van der Waals surface area (Å²) in [7, 11) is 2.28. The zero-order valence-electron chi connectivity index (χ0n) is 11.2. The smallest absolute Gasteiger partial charge is 0.0249 e. The van der Waals surface area contributed by atoms with Crippen molar-refractivity contribution in [3.05, 3.63) is 0 Å². The third kappa shape index (κ3) is 2.51. The van der Waals surface area contributed by atoms with Gasteiger partial charge in [-0.25, -0.2) is 0 Å². The number of likely N-dealkylation sites (tertiary alicyclic amines) is 1. The van der Waals surface area contributed by atoms with Gasteiger partial charge in [-0.1, -0.05) is 6.42 Å². The van der Waals surface area contributed by atoms with E-state index in [0.29, 0.717) is 0 Å². The fourth-order valence-electron chi connectivity index (χ4n) is 4.01. The van der Waals surface area contributed by atoms with Crippen LogP contribution in [0.2, 0.25) is 0 Å². The minimum atomic E-state index is 0.782. The highest BCUT2D eigenvalue weighted by atomic mass is 15.2. The monoisotopic (exact) mass is 237 g/mol.